The minimum atomic E-state index is -0.966. The van der Waals surface area contributed by atoms with Crippen molar-refractivity contribution in [1.82, 2.24) is 35.0 Å². The minimum Gasteiger partial charge on any atom is -0.478 e. The highest BCUT2D eigenvalue weighted by atomic mass is 35.5. The number of hydrogen-bond donors (Lipinski definition) is 3. The number of carbonyl (C=O) groups is 5. The summed E-state index contributed by atoms with van der Waals surface area (Å²) in [6.07, 6.45) is 10.2. The molecule has 6 heterocycles. The number of likely N-dealkylation sites (tertiary alicyclic amines) is 1. The quantitative estimate of drug-likeness (QED) is 0.152. The van der Waals surface area contributed by atoms with E-state index in [4.69, 9.17) is 26.1 Å². The summed E-state index contributed by atoms with van der Waals surface area (Å²) < 4.78 is 14.0. The van der Waals surface area contributed by atoms with Crippen molar-refractivity contribution in [3.8, 4) is 5.75 Å². The average Bonchev–Trinajstić information content (AvgIpc) is 3.56. The molecule has 4 aliphatic heterocycles. The van der Waals surface area contributed by atoms with Crippen molar-refractivity contribution in [2.45, 2.75) is 114 Å². The van der Waals surface area contributed by atoms with Crippen LogP contribution in [0.1, 0.15) is 116 Å². The van der Waals surface area contributed by atoms with Crippen molar-refractivity contribution in [1.29, 1.82) is 0 Å². The third kappa shape index (κ3) is 9.25. The number of fused-ring (bicyclic) bond motifs is 2. The molecule has 4 fully saturated rings. The summed E-state index contributed by atoms with van der Waals surface area (Å²) in [5.41, 5.74) is 2.85. The zero-order valence-electron chi connectivity index (χ0n) is 37.5. The fourth-order valence-electron chi connectivity index (χ4n) is 10.3. The van der Waals surface area contributed by atoms with E-state index in [0.717, 1.165) is 98.9 Å². The molecule has 66 heavy (non-hydrogen) atoms. The van der Waals surface area contributed by atoms with E-state index in [2.05, 4.69) is 30.7 Å². The van der Waals surface area contributed by atoms with Gasteiger partial charge in [-0.15, -0.1) is 0 Å². The monoisotopic (exact) mass is 921 g/mol. The average molecular weight is 922 g/mol. The zero-order valence-corrected chi connectivity index (χ0v) is 38.3. The minimum absolute atomic E-state index is 0.0903. The van der Waals surface area contributed by atoms with E-state index >= 15 is 0 Å². The molecule has 4 aromatic rings. The molecule has 1 atom stereocenters. The number of nitrogens with zero attached hydrogens (tertiary/aromatic N) is 6. The highest BCUT2D eigenvalue weighted by Gasteiger charge is 2.45. The van der Waals surface area contributed by atoms with Crippen LogP contribution in [-0.4, -0.2) is 118 Å². The van der Waals surface area contributed by atoms with Gasteiger partial charge in [0.15, 0.2) is 18.2 Å². The van der Waals surface area contributed by atoms with Gasteiger partial charge in [-0.05, 0) is 133 Å². The molecule has 1 saturated carbocycles. The lowest BCUT2D eigenvalue weighted by Gasteiger charge is -2.42. The molecule has 3 N–H and O–H groups in total. The van der Waals surface area contributed by atoms with Crippen LogP contribution in [0.25, 0.3) is 10.9 Å². The number of benzene rings is 2. The molecular weight excluding hydrogens is 866 g/mol. The molecule has 18 heteroatoms. The number of ether oxygens (including phenoxy) is 2. The Morgan fingerprint density at radius 3 is 2.30 bits per heavy atom. The first kappa shape index (κ1) is 45.3. The van der Waals surface area contributed by atoms with Gasteiger partial charge in [-0.2, -0.15) is 4.98 Å². The second-order valence-electron chi connectivity index (χ2n) is 18.3. The van der Waals surface area contributed by atoms with Gasteiger partial charge in [-0.3, -0.25) is 39.0 Å². The lowest BCUT2D eigenvalue weighted by molar-refractivity contribution is -0.136. The molecule has 0 spiro atoms. The first-order valence-corrected chi connectivity index (χ1v) is 23.5. The summed E-state index contributed by atoms with van der Waals surface area (Å²) >= 11 is 6.61. The third-order valence-corrected chi connectivity index (χ3v) is 14.2. The second kappa shape index (κ2) is 19.1. The molecule has 1 unspecified atom stereocenters. The number of hydrogen-bond acceptors (Lipinski definition) is 13. The van der Waals surface area contributed by atoms with Gasteiger partial charge in [-0.1, -0.05) is 17.7 Å². The number of nitrogens with one attached hydrogen (secondary N) is 3. The summed E-state index contributed by atoms with van der Waals surface area (Å²) in [7, 11) is 1.51. The number of likely N-dealkylation sites (N-methyl/N-ethyl adjacent to an activating group) is 1. The Morgan fingerprint density at radius 2 is 1.59 bits per heavy atom. The highest BCUT2D eigenvalue weighted by molar-refractivity contribution is 6.33. The van der Waals surface area contributed by atoms with Gasteiger partial charge in [0.25, 0.3) is 23.3 Å². The van der Waals surface area contributed by atoms with Crippen molar-refractivity contribution < 1.29 is 33.4 Å². The van der Waals surface area contributed by atoms with Gasteiger partial charge in [0, 0.05) is 49.7 Å². The predicted octanol–water partition coefficient (Wildman–Crippen LogP) is 5.47. The van der Waals surface area contributed by atoms with Gasteiger partial charge < -0.3 is 34.5 Å². The van der Waals surface area contributed by atoms with E-state index in [1.54, 1.807) is 22.9 Å². The number of amides is 5. The normalized spacial score (nSPS) is 22.2. The maximum absolute atomic E-state index is 13.4. The Morgan fingerprint density at radius 1 is 0.864 bits per heavy atom. The first-order valence-electron chi connectivity index (χ1n) is 23.2. The Bertz CT molecular complexity index is 2610. The molecule has 5 amide bonds. The summed E-state index contributed by atoms with van der Waals surface area (Å²) in [5, 5.41) is 9.22. The van der Waals surface area contributed by atoms with Crippen LogP contribution in [0.4, 0.5) is 17.5 Å². The Kier molecular flexibility index (Phi) is 13.1. The molecule has 9 rings (SSSR count). The Balaban J connectivity index is 0.740. The molecule has 0 radical (unpaired) electrons. The Hall–Kier alpha value is -5.91. The van der Waals surface area contributed by atoms with E-state index in [1.165, 1.54) is 7.05 Å². The van der Waals surface area contributed by atoms with Crippen LogP contribution < -0.4 is 31.1 Å². The third-order valence-electron chi connectivity index (χ3n) is 13.9. The molecule has 3 saturated heterocycles. The fraction of sp³-hybridized carbons (Fsp3) is 0.500. The van der Waals surface area contributed by atoms with Crippen molar-refractivity contribution in [3.63, 3.8) is 0 Å². The summed E-state index contributed by atoms with van der Waals surface area (Å²) in [5.74, 6) is -0.842. The second-order valence-corrected chi connectivity index (χ2v) is 18.7. The van der Waals surface area contributed by atoms with Crippen LogP contribution in [0.2, 0.25) is 5.02 Å². The van der Waals surface area contributed by atoms with Crippen LogP contribution in [0.5, 0.6) is 5.75 Å². The largest absolute Gasteiger partial charge is 0.478 e. The van der Waals surface area contributed by atoms with E-state index in [-0.39, 0.29) is 66.7 Å². The SMILES string of the molecule is CNC(=O)COc1cc2cc(Nc3nc(N4CCC(OC5CCC(N6CCC(c7ccc8c(c7)C(=O)N(C7CCC(=O)NC7=O)C8=O)CC6)CC5)CC4)ncc3Cl)ccc2n(C(C)C)c1=O. The fourth-order valence-corrected chi connectivity index (χ4v) is 10.5. The molecule has 348 valence electrons. The highest BCUT2D eigenvalue weighted by Crippen LogP contribution is 2.37. The lowest BCUT2D eigenvalue weighted by atomic mass is 9.85. The van der Waals surface area contributed by atoms with Crippen LogP contribution in [0.15, 0.2) is 53.5 Å². The van der Waals surface area contributed by atoms with Gasteiger partial charge in [0.05, 0.1) is 35.0 Å². The standard InChI is InChI=1S/C48H56ClN9O8/c1-27(2)57-38-11-5-31(22-30(38)24-40(47(57)64)65-26-42(60)50-3)52-43-37(49)25-51-48(54-43)56-20-16-34(17-21-56)66-33-8-6-32(7-9-33)55-18-14-28(15-19-55)29-4-10-35-36(23-29)46(63)58(45(35)62)39-12-13-41(59)53-44(39)61/h4-5,10-11,22-25,27-28,32-34,39H,6-9,12-21,26H2,1-3H3,(H,50,60)(H,51,52,54)(H,53,59,61). The first-order chi connectivity index (χ1) is 31.8. The molecule has 17 nitrogen and oxygen atoms in total. The van der Waals surface area contributed by atoms with Gasteiger partial charge in [0.2, 0.25) is 17.8 Å². The molecule has 2 aromatic heterocycles. The number of rotatable bonds is 12. The van der Waals surface area contributed by atoms with Crippen molar-refractivity contribution >= 4 is 69.5 Å². The van der Waals surface area contributed by atoms with Gasteiger partial charge in [0.1, 0.15) is 11.1 Å². The van der Waals surface area contributed by atoms with E-state index in [9.17, 15) is 28.8 Å². The number of pyridine rings is 1. The topological polar surface area (TPSA) is 197 Å². The van der Waals surface area contributed by atoms with Gasteiger partial charge in [-0.25, -0.2) is 4.98 Å². The zero-order chi connectivity index (χ0) is 46.2. The van der Waals surface area contributed by atoms with E-state index in [0.29, 0.717) is 39.6 Å². The number of aromatic nitrogens is 3. The molecule has 1 aliphatic carbocycles. The van der Waals surface area contributed by atoms with Crippen LogP contribution in [-0.2, 0) is 19.1 Å². The van der Waals surface area contributed by atoms with Crippen molar-refractivity contribution in [2.24, 2.45) is 0 Å². The summed E-state index contributed by atoms with van der Waals surface area (Å²) in [6, 6.07) is 12.2. The molecule has 0 bridgehead atoms. The molecular formula is C48H56ClN9O8. The van der Waals surface area contributed by atoms with Crippen molar-refractivity contribution in [2.75, 3.05) is 50.1 Å². The van der Waals surface area contributed by atoms with Crippen LogP contribution in [0, 0.1) is 0 Å². The van der Waals surface area contributed by atoms with Crippen LogP contribution in [0.3, 0.4) is 0 Å². The summed E-state index contributed by atoms with van der Waals surface area (Å²) in [4.78, 5) is 91.1. The number of imide groups is 2. The number of halogens is 1. The van der Waals surface area contributed by atoms with Crippen LogP contribution >= 0.6 is 11.6 Å². The predicted molar refractivity (Wildman–Crippen MR) is 248 cm³/mol. The van der Waals surface area contributed by atoms with Gasteiger partial charge >= 0.3 is 0 Å². The molecule has 2 aromatic carbocycles. The smallest absolute Gasteiger partial charge is 0.293 e. The number of piperidine rings is 3. The van der Waals surface area contributed by atoms with E-state index < -0.39 is 23.8 Å². The van der Waals surface area contributed by atoms with Crippen molar-refractivity contribution in [3.05, 3.63) is 80.7 Å². The van der Waals surface area contributed by atoms with E-state index in [1.807, 2.05) is 44.2 Å². The Labute approximate surface area is 387 Å². The summed E-state index contributed by atoms with van der Waals surface area (Å²) in [6.45, 7) is 7.02. The molecule has 5 aliphatic rings. The number of carbonyl (C=O) groups excluding carboxylic acids is 5. The number of anilines is 3. The maximum atomic E-state index is 13.4. The lowest BCUT2D eigenvalue weighted by Crippen LogP contribution is -2.54. The maximum Gasteiger partial charge on any atom is 0.293 e.